The molecule has 2 heterocycles. The van der Waals surface area contributed by atoms with Gasteiger partial charge in [-0.25, -0.2) is 9.37 Å². The molecular formula is C21H16FN5O2S. The summed E-state index contributed by atoms with van der Waals surface area (Å²) in [5.74, 6) is 0.495. The molecule has 30 heavy (non-hydrogen) atoms. The lowest BCUT2D eigenvalue weighted by atomic mass is 10.1. The third-order valence-corrected chi connectivity index (χ3v) is 5.09. The van der Waals surface area contributed by atoms with E-state index < -0.39 is 0 Å². The molecule has 0 aliphatic carbocycles. The van der Waals surface area contributed by atoms with Gasteiger partial charge in [0.1, 0.15) is 11.5 Å². The SMILES string of the molecule is O=C(CSc1ccc(F)cc1)Nc1ccccc1Cc1nc(-c2cnccn2)no1. The highest BCUT2D eigenvalue weighted by Gasteiger charge is 2.13. The number of halogens is 1. The molecule has 0 atom stereocenters. The molecule has 4 rings (SSSR count). The van der Waals surface area contributed by atoms with Gasteiger partial charge in [0.2, 0.25) is 17.6 Å². The summed E-state index contributed by atoms with van der Waals surface area (Å²) in [7, 11) is 0. The van der Waals surface area contributed by atoms with Crippen molar-refractivity contribution < 1.29 is 13.7 Å². The minimum absolute atomic E-state index is 0.164. The van der Waals surface area contributed by atoms with Gasteiger partial charge in [-0.05, 0) is 35.9 Å². The minimum atomic E-state index is -0.304. The van der Waals surface area contributed by atoms with E-state index in [9.17, 15) is 9.18 Å². The number of amides is 1. The fraction of sp³-hybridized carbons (Fsp3) is 0.0952. The second kappa shape index (κ2) is 9.27. The Kier molecular flexibility index (Phi) is 6.09. The second-order valence-electron chi connectivity index (χ2n) is 6.23. The highest BCUT2D eigenvalue weighted by molar-refractivity contribution is 8.00. The number of para-hydroxylation sites is 1. The molecule has 0 saturated heterocycles. The van der Waals surface area contributed by atoms with Crippen molar-refractivity contribution in [1.82, 2.24) is 20.1 Å². The molecule has 0 spiro atoms. The molecular weight excluding hydrogens is 405 g/mol. The Bertz CT molecular complexity index is 1140. The van der Waals surface area contributed by atoms with E-state index in [1.807, 2.05) is 24.3 Å². The van der Waals surface area contributed by atoms with Crippen LogP contribution in [0.3, 0.4) is 0 Å². The van der Waals surface area contributed by atoms with E-state index in [4.69, 9.17) is 4.52 Å². The summed E-state index contributed by atoms with van der Waals surface area (Å²) in [5, 5.41) is 6.84. The molecule has 0 bridgehead atoms. The van der Waals surface area contributed by atoms with Gasteiger partial charge in [0.25, 0.3) is 0 Å². The fourth-order valence-electron chi connectivity index (χ4n) is 2.67. The molecule has 0 aliphatic rings. The molecule has 0 aliphatic heterocycles. The van der Waals surface area contributed by atoms with Crippen LogP contribution < -0.4 is 5.32 Å². The Morgan fingerprint density at radius 3 is 2.73 bits per heavy atom. The van der Waals surface area contributed by atoms with Crippen LogP contribution in [0, 0.1) is 5.82 Å². The van der Waals surface area contributed by atoms with Crippen LogP contribution >= 0.6 is 11.8 Å². The molecule has 7 nitrogen and oxygen atoms in total. The van der Waals surface area contributed by atoms with Crippen molar-refractivity contribution >= 4 is 23.4 Å². The number of nitrogens with zero attached hydrogens (tertiary/aromatic N) is 4. The third-order valence-electron chi connectivity index (χ3n) is 4.08. The number of carbonyl (C=O) groups is 1. The first kappa shape index (κ1) is 19.7. The summed E-state index contributed by atoms with van der Waals surface area (Å²) < 4.78 is 18.3. The summed E-state index contributed by atoms with van der Waals surface area (Å²) in [6, 6.07) is 13.4. The average molecular weight is 421 g/mol. The van der Waals surface area contributed by atoms with Gasteiger partial charge in [0.15, 0.2) is 0 Å². The van der Waals surface area contributed by atoms with Crippen LogP contribution in [0.5, 0.6) is 0 Å². The summed E-state index contributed by atoms with van der Waals surface area (Å²) in [6.45, 7) is 0. The van der Waals surface area contributed by atoms with Crippen molar-refractivity contribution in [2.45, 2.75) is 11.3 Å². The van der Waals surface area contributed by atoms with Crippen molar-refractivity contribution in [2.75, 3.05) is 11.1 Å². The fourth-order valence-corrected chi connectivity index (χ4v) is 3.37. The molecule has 2 aromatic heterocycles. The summed E-state index contributed by atoms with van der Waals surface area (Å²) >= 11 is 1.33. The van der Waals surface area contributed by atoms with Crippen LogP contribution in [0.15, 0.2) is 76.5 Å². The van der Waals surface area contributed by atoms with E-state index in [1.165, 1.54) is 23.9 Å². The molecule has 1 amide bonds. The molecule has 9 heteroatoms. The standard InChI is InChI=1S/C21H16FN5O2S/c22-15-5-7-16(8-6-15)30-13-19(28)25-17-4-2-1-3-14(17)11-20-26-21(27-29-20)18-12-23-9-10-24-18/h1-10,12H,11,13H2,(H,25,28). The van der Waals surface area contributed by atoms with Gasteiger partial charge in [0.05, 0.1) is 18.4 Å². The molecule has 1 N–H and O–H groups in total. The third kappa shape index (κ3) is 5.06. The normalized spacial score (nSPS) is 10.7. The van der Waals surface area contributed by atoms with Gasteiger partial charge < -0.3 is 9.84 Å². The Morgan fingerprint density at radius 1 is 1.10 bits per heavy atom. The predicted molar refractivity (Wildman–Crippen MR) is 110 cm³/mol. The van der Waals surface area contributed by atoms with Crippen molar-refractivity contribution in [3.8, 4) is 11.5 Å². The zero-order valence-electron chi connectivity index (χ0n) is 15.7. The highest BCUT2D eigenvalue weighted by Crippen LogP contribution is 2.22. The lowest BCUT2D eigenvalue weighted by Gasteiger charge is -2.09. The molecule has 2 aromatic carbocycles. The van der Waals surface area contributed by atoms with E-state index in [1.54, 1.807) is 30.7 Å². The molecule has 4 aromatic rings. The number of anilines is 1. The first-order valence-electron chi connectivity index (χ1n) is 9.02. The number of carbonyl (C=O) groups excluding carboxylic acids is 1. The molecule has 0 saturated carbocycles. The largest absolute Gasteiger partial charge is 0.339 e. The maximum atomic E-state index is 13.0. The van der Waals surface area contributed by atoms with Crippen LogP contribution in [-0.4, -0.2) is 31.8 Å². The zero-order chi connectivity index (χ0) is 20.8. The van der Waals surface area contributed by atoms with Crippen molar-refractivity contribution in [2.24, 2.45) is 0 Å². The maximum absolute atomic E-state index is 13.0. The summed E-state index contributed by atoms with van der Waals surface area (Å²) in [5.41, 5.74) is 2.03. The Hall–Kier alpha value is -3.59. The molecule has 0 radical (unpaired) electrons. The van der Waals surface area contributed by atoms with Gasteiger partial charge in [0, 0.05) is 23.0 Å². The van der Waals surface area contributed by atoms with Crippen LogP contribution in [0.2, 0.25) is 0 Å². The number of nitrogens with one attached hydrogen (secondary N) is 1. The lowest BCUT2D eigenvalue weighted by Crippen LogP contribution is -2.15. The minimum Gasteiger partial charge on any atom is -0.339 e. The number of aromatic nitrogens is 4. The number of hydrogen-bond acceptors (Lipinski definition) is 7. The molecule has 150 valence electrons. The highest BCUT2D eigenvalue weighted by atomic mass is 32.2. The summed E-state index contributed by atoms with van der Waals surface area (Å²) in [6.07, 6.45) is 5.04. The van der Waals surface area contributed by atoms with E-state index in [0.29, 0.717) is 29.5 Å². The first-order chi connectivity index (χ1) is 14.7. The Balaban J connectivity index is 1.40. The topological polar surface area (TPSA) is 93.8 Å². The van der Waals surface area contributed by atoms with Crippen LogP contribution in [0.1, 0.15) is 11.5 Å². The average Bonchev–Trinajstić information content (AvgIpc) is 3.24. The van der Waals surface area contributed by atoms with Gasteiger partial charge in [-0.3, -0.25) is 9.78 Å². The van der Waals surface area contributed by atoms with Gasteiger partial charge >= 0.3 is 0 Å². The zero-order valence-corrected chi connectivity index (χ0v) is 16.5. The van der Waals surface area contributed by atoms with Crippen molar-refractivity contribution in [3.63, 3.8) is 0 Å². The van der Waals surface area contributed by atoms with Crippen LogP contribution in [-0.2, 0) is 11.2 Å². The number of benzene rings is 2. The first-order valence-corrected chi connectivity index (χ1v) is 10.0. The van der Waals surface area contributed by atoms with E-state index in [0.717, 1.165) is 10.5 Å². The van der Waals surface area contributed by atoms with Crippen molar-refractivity contribution in [3.05, 3.63) is 84.4 Å². The Labute approximate surface area is 175 Å². The van der Waals surface area contributed by atoms with E-state index >= 15 is 0 Å². The van der Waals surface area contributed by atoms with E-state index in [2.05, 4.69) is 25.4 Å². The van der Waals surface area contributed by atoms with Crippen LogP contribution in [0.25, 0.3) is 11.5 Å². The van der Waals surface area contributed by atoms with Crippen molar-refractivity contribution in [1.29, 1.82) is 0 Å². The van der Waals surface area contributed by atoms with Crippen LogP contribution in [0.4, 0.5) is 10.1 Å². The number of hydrogen-bond donors (Lipinski definition) is 1. The number of rotatable bonds is 7. The number of thioether (sulfide) groups is 1. The monoisotopic (exact) mass is 421 g/mol. The van der Waals surface area contributed by atoms with Gasteiger partial charge in [-0.1, -0.05) is 23.4 Å². The van der Waals surface area contributed by atoms with E-state index in [-0.39, 0.29) is 17.5 Å². The second-order valence-corrected chi connectivity index (χ2v) is 7.28. The predicted octanol–water partition coefficient (Wildman–Crippen LogP) is 3.99. The molecule has 0 unspecified atom stereocenters. The quantitative estimate of drug-likeness (QED) is 0.451. The smallest absolute Gasteiger partial charge is 0.234 e. The maximum Gasteiger partial charge on any atom is 0.234 e. The Morgan fingerprint density at radius 2 is 1.93 bits per heavy atom. The van der Waals surface area contributed by atoms with Gasteiger partial charge in [-0.15, -0.1) is 11.8 Å². The molecule has 0 fully saturated rings. The van der Waals surface area contributed by atoms with Gasteiger partial charge in [-0.2, -0.15) is 4.98 Å². The summed E-state index contributed by atoms with van der Waals surface area (Å²) in [4.78, 5) is 25.7. The lowest BCUT2D eigenvalue weighted by molar-refractivity contribution is -0.113.